The molecule has 0 radical (unpaired) electrons. The molecule has 2 aromatic rings. The zero-order chi connectivity index (χ0) is 33.8. The monoisotopic (exact) mass is 678 g/mol. The number of piperidine rings is 2. The van der Waals surface area contributed by atoms with Gasteiger partial charge in [0.15, 0.2) is 6.10 Å². The SMILES string of the molecule is Cc1cc(C[C@@H](OC(=O)N2CCC(N3CCc4ccccc4NC3=O)CC2)C(=O)N2CCC(N3CCCN(C)CC3)CC2)cc(C)c1Cl. The third-order valence-electron chi connectivity index (χ3n) is 10.8. The number of aryl methyl sites for hydroxylation is 2. The topological polar surface area (TPSA) is 88.7 Å². The predicted molar refractivity (Wildman–Crippen MR) is 189 cm³/mol. The Bertz CT molecular complexity index is 1450. The van der Waals surface area contributed by atoms with Crippen molar-refractivity contribution < 1.29 is 19.1 Å². The molecule has 6 rings (SSSR count). The van der Waals surface area contributed by atoms with Crippen LogP contribution in [0.1, 0.15) is 54.4 Å². The summed E-state index contributed by atoms with van der Waals surface area (Å²) in [4.78, 5) is 51.3. The molecule has 260 valence electrons. The Morgan fingerprint density at radius 1 is 0.875 bits per heavy atom. The number of amides is 4. The van der Waals surface area contributed by atoms with Crippen molar-refractivity contribution >= 4 is 35.3 Å². The maximum Gasteiger partial charge on any atom is 0.410 e. The number of para-hydroxylation sites is 1. The highest BCUT2D eigenvalue weighted by atomic mass is 35.5. The van der Waals surface area contributed by atoms with E-state index >= 15 is 0 Å². The average molecular weight is 679 g/mol. The lowest BCUT2D eigenvalue weighted by molar-refractivity contribution is -0.142. The molecule has 4 aliphatic heterocycles. The highest BCUT2D eigenvalue weighted by Crippen LogP contribution is 2.27. The first-order chi connectivity index (χ1) is 23.2. The Hall–Kier alpha value is -3.34. The number of fused-ring (bicyclic) bond motifs is 1. The molecule has 0 unspecified atom stereocenters. The maximum absolute atomic E-state index is 14.1. The number of hydrogen-bond donors (Lipinski definition) is 1. The third-order valence-corrected chi connectivity index (χ3v) is 11.4. The molecule has 3 saturated heterocycles. The van der Waals surface area contributed by atoms with E-state index < -0.39 is 12.2 Å². The van der Waals surface area contributed by atoms with Crippen molar-refractivity contribution in [2.45, 2.75) is 77.0 Å². The summed E-state index contributed by atoms with van der Waals surface area (Å²) in [6.45, 7) is 11.2. The molecule has 10 nitrogen and oxygen atoms in total. The van der Waals surface area contributed by atoms with Gasteiger partial charge in [0.2, 0.25) is 0 Å². The number of nitrogens with zero attached hydrogens (tertiary/aromatic N) is 5. The summed E-state index contributed by atoms with van der Waals surface area (Å²) in [6, 6.07) is 12.3. The van der Waals surface area contributed by atoms with Gasteiger partial charge in [-0.25, -0.2) is 9.59 Å². The van der Waals surface area contributed by atoms with Crippen LogP contribution in [0.5, 0.6) is 0 Å². The van der Waals surface area contributed by atoms with Gasteiger partial charge in [-0.3, -0.25) is 9.69 Å². The van der Waals surface area contributed by atoms with Crippen molar-refractivity contribution in [3.63, 3.8) is 0 Å². The van der Waals surface area contributed by atoms with Gasteiger partial charge in [-0.05, 0) is 101 Å². The second-order valence-electron chi connectivity index (χ2n) is 14.1. The molecule has 0 spiro atoms. The predicted octanol–water partition coefficient (Wildman–Crippen LogP) is 5.19. The summed E-state index contributed by atoms with van der Waals surface area (Å²) in [7, 11) is 2.19. The molecule has 3 fully saturated rings. The number of benzene rings is 2. The summed E-state index contributed by atoms with van der Waals surface area (Å²) in [5.74, 6) is -0.127. The fraction of sp³-hybridized carbons (Fsp3) is 0.595. The lowest BCUT2D eigenvalue weighted by Gasteiger charge is -2.40. The molecule has 0 saturated carbocycles. The number of rotatable bonds is 6. The van der Waals surface area contributed by atoms with Crippen LogP contribution in [-0.2, 0) is 22.4 Å². The number of anilines is 1. The average Bonchev–Trinajstić information content (AvgIpc) is 3.41. The summed E-state index contributed by atoms with van der Waals surface area (Å²) >= 11 is 6.46. The van der Waals surface area contributed by atoms with Crippen LogP contribution in [0, 0.1) is 13.8 Å². The van der Waals surface area contributed by atoms with Gasteiger partial charge in [0, 0.05) is 75.0 Å². The van der Waals surface area contributed by atoms with Crippen LogP contribution in [0.15, 0.2) is 36.4 Å². The molecule has 0 aliphatic carbocycles. The van der Waals surface area contributed by atoms with Crippen LogP contribution in [0.25, 0.3) is 0 Å². The van der Waals surface area contributed by atoms with E-state index in [4.69, 9.17) is 16.3 Å². The Morgan fingerprint density at radius 3 is 2.27 bits per heavy atom. The fourth-order valence-corrected chi connectivity index (χ4v) is 8.04. The summed E-state index contributed by atoms with van der Waals surface area (Å²) in [6.07, 6.45) is 4.04. The number of carbonyl (C=O) groups excluding carboxylic acids is 3. The summed E-state index contributed by atoms with van der Waals surface area (Å²) in [5, 5.41) is 3.77. The number of urea groups is 1. The lowest BCUT2D eigenvalue weighted by Crippen LogP contribution is -2.52. The van der Waals surface area contributed by atoms with Gasteiger partial charge in [-0.15, -0.1) is 0 Å². The Morgan fingerprint density at radius 2 is 1.54 bits per heavy atom. The lowest BCUT2D eigenvalue weighted by atomic mass is 9.99. The van der Waals surface area contributed by atoms with E-state index in [0.717, 1.165) is 73.4 Å². The number of likely N-dealkylation sites (tertiary alicyclic amines) is 2. The molecule has 11 heteroatoms. The van der Waals surface area contributed by atoms with Gasteiger partial charge in [0.1, 0.15) is 0 Å². The van der Waals surface area contributed by atoms with Crippen LogP contribution in [0.3, 0.4) is 0 Å². The normalized spacial score (nSPS) is 21.2. The minimum Gasteiger partial charge on any atom is -0.436 e. The highest BCUT2D eigenvalue weighted by Gasteiger charge is 2.36. The second-order valence-corrected chi connectivity index (χ2v) is 14.5. The van der Waals surface area contributed by atoms with E-state index in [1.807, 2.05) is 54.0 Å². The molecule has 1 atom stereocenters. The van der Waals surface area contributed by atoms with Gasteiger partial charge in [-0.2, -0.15) is 0 Å². The zero-order valence-electron chi connectivity index (χ0n) is 28.8. The number of halogens is 1. The quantitative estimate of drug-likeness (QED) is 0.453. The molecule has 48 heavy (non-hydrogen) atoms. The van der Waals surface area contributed by atoms with Crippen LogP contribution >= 0.6 is 11.6 Å². The Balaban J connectivity index is 1.08. The number of carbonyl (C=O) groups is 3. The summed E-state index contributed by atoms with van der Waals surface area (Å²) in [5.41, 5.74) is 4.81. The van der Waals surface area contributed by atoms with E-state index in [1.165, 1.54) is 6.42 Å². The molecule has 4 heterocycles. The maximum atomic E-state index is 14.1. The Kier molecular flexibility index (Phi) is 11.1. The van der Waals surface area contributed by atoms with Crippen molar-refractivity contribution in [1.82, 2.24) is 24.5 Å². The second kappa shape index (κ2) is 15.5. The van der Waals surface area contributed by atoms with Crippen molar-refractivity contribution in [3.8, 4) is 0 Å². The molecule has 4 amide bonds. The molecular weight excluding hydrogens is 628 g/mol. The molecular formula is C37H51ClN6O4. The van der Waals surface area contributed by atoms with E-state index in [0.29, 0.717) is 63.1 Å². The van der Waals surface area contributed by atoms with Crippen molar-refractivity contribution in [1.29, 1.82) is 0 Å². The van der Waals surface area contributed by atoms with Gasteiger partial charge < -0.3 is 29.7 Å². The first-order valence-corrected chi connectivity index (χ1v) is 18.1. The molecule has 4 aliphatic rings. The Labute approximate surface area is 290 Å². The highest BCUT2D eigenvalue weighted by molar-refractivity contribution is 6.32. The number of ether oxygens (including phenoxy) is 1. The summed E-state index contributed by atoms with van der Waals surface area (Å²) < 4.78 is 6.11. The van der Waals surface area contributed by atoms with Gasteiger partial charge in [0.05, 0.1) is 0 Å². The van der Waals surface area contributed by atoms with E-state index in [2.05, 4.69) is 28.2 Å². The number of nitrogens with one attached hydrogen (secondary N) is 1. The minimum atomic E-state index is -0.923. The first kappa shape index (κ1) is 34.5. The van der Waals surface area contributed by atoms with Gasteiger partial charge in [-0.1, -0.05) is 41.9 Å². The van der Waals surface area contributed by atoms with Crippen LogP contribution in [-0.4, -0.2) is 127 Å². The number of hydrogen-bond acceptors (Lipinski definition) is 6. The van der Waals surface area contributed by atoms with Crippen LogP contribution in [0.2, 0.25) is 5.02 Å². The largest absolute Gasteiger partial charge is 0.436 e. The third kappa shape index (κ3) is 8.09. The zero-order valence-corrected chi connectivity index (χ0v) is 29.5. The number of likely N-dealkylation sites (N-methyl/N-ethyl adjacent to an activating group) is 1. The fourth-order valence-electron chi connectivity index (χ4n) is 7.93. The standard InChI is InChI=1S/C37H51ClN6O4/c1-26-23-28(24-27(2)34(26)38)25-33(35(45)42-16-10-30(11-17-42)41-15-6-14-40(3)21-22-41)48-37(47)43-18-12-31(13-19-43)44-20-9-29-7-4-5-8-32(29)39-36(44)46/h4-5,7-8,23-24,30-31,33H,6,9-22,25H2,1-3H3,(H,39,46)/t33-/m1/s1. The van der Waals surface area contributed by atoms with Crippen LogP contribution in [0.4, 0.5) is 15.3 Å². The van der Waals surface area contributed by atoms with Crippen molar-refractivity contribution in [2.75, 3.05) is 71.3 Å². The van der Waals surface area contributed by atoms with Crippen molar-refractivity contribution in [2.24, 2.45) is 0 Å². The molecule has 0 aromatic heterocycles. The van der Waals surface area contributed by atoms with E-state index in [-0.39, 0.29) is 18.0 Å². The molecule has 0 bridgehead atoms. The van der Waals surface area contributed by atoms with E-state index in [1.54, 1.807) is 4.90 Å². The van der Waals surface area contributed by atoms with Crippen molar-refractivity contribution in [3.05, 3.63) is 63.7 Å². The van der Waals surface area contributed by atoms with Crippen LogP contribution < -0.4 is 5.32 Å². The minimum absolute atomic E-state index is 0.0340. The van der Waals surface area contributed by atoms with Gasteiger partial charge in [0.25, 0.3) is 5.91 Å². The smallest absolute Gasteiger partial charge is 0.410 e. The first-order valence-electron chi connectivity index (χ1n) is 17.7. The molecule has 1 N–H and O–H groups in total. The van der Waals surface area contributed by atoms with E-state index in [9.17, 15) is 14.4 Å². The molecule has 2 aromatic carbocycles. The van der Waals surface area contributed by atoms with Gasteiger partial charge >= 0.3 is 12.1 Å².